The molecule has 1 aliphatic rings. The first-order valence-corrected chi connectivity index (χ1v) is 16.2. The second-order valence-electron chi connectivity index (χ2n) is 10.8. The van der Waals surface area contributed by atoms with Crippen LogP contribution < -0.4 is 25.4 Å². The predicted octanol–water partition coefficient (Wildman–Crippen LogP) is 3.35. The molecular weight excluding hydrogens is 651 g/mol. The van der Waals surface area contributed by atoms with Crippen LogP contribution in [0.2, 0.25) is 5.15 Å². The Hall–Kier alpha value is -4.51. The molecule has 1 atom stereocenters. The number of nitrogens with zero attached hydrogens (tertiary/aromatic N) is 7. The molecule has 0 saturated carbocycles. The highest BCUT2D eigenvalue weighted by Gasteiger charge is 2.27. The number of nitrogens with one attached hydrogen (secondary N) is 2. The number of piperazine rings is 1. The van der Waals surface area contributed by atoms with Gasteiger partial charge in [-0.3, -0.25) is 14.2 Å². The molecule has 1 amide bonds. The molecule has 3 aromatic heterocycles. The van der Waals surface area contributed by atoms with Crippen molar-refractivity contribution in [3.8, 4) is 0 Å². The van der Waals surface area contributed by atoms with Crippen LogP contribution in [0.3, 0.4) is 0 Å². The lowest BCUT2D eigenvalue weighted by molar-refractivity contribution is 0.0977. The van der Waals surface area contributed by atoms with E-state index in [0.29, 0.717) is 22.4 Å². The van der Waals surface area contributed by atoms with Gasteiger partial charge >= 0.3 is 0 Å². The van der Waals surface area contributed by atoms with Gasteiger partial charge in [-0.05, 0) is 37.6 Å². The highest BCUT2D eigenvalue weighted by Crippen LogP contribution is 2.30. The number of alkyl halides is 2. The standard InChI is InChI=1S/C28H29ClF3N9O4S/c1-14-11-16(15(2)34-19-5-6-20(29)35-22(19)26(42)38-46(4,44)45)21-17(12-14)27(43)39(3)28(36-21)41-9-7-40(8-10-41)25-18(30)13-33-24(37-25)23(31)32/h5-6,11-13,15,23,34H,7-10H2,1-4H3,(H,38,42)/t15-/m1/s1. The number of aryl methyl sites for hydroxylation is 1. The molecule has 1 aromatic carbocycles. The summed E-state index contributed by atoms with van der Waals surface area (Å²) in [6, 6.07) is 5.92. The number of hydrogen-bond acceptors (Lipinski definition) is 11. The van der Waals surface area contributed by atoms with Crippen molar-refractivity contribution in [3.63, 3.8) is 0 Å². The van der Waals surface area contributed by atoms with Crippen molar-refractivity contribution in [2.75, 3.05) is 47.6 Å². The predicted molar refractivity (Wildman–Crippen MR) is 167 cm³/mol. The van der Waals surface area contributed by atoms with Gasteiger partial charge in [-0.1, -0.05) is 17.7 Å². The molecule has 18 heteroatoms. The number of benzene rings is 1. The van der Waals surface area contributed by atoms with E-state index in [9.17, 15) is 31.2 Å². The number of fused-ring (bicyclic) bond motifs is 1. The van der Waals surface area contributed by atoms with Crippen molar-refractivity contribution in [3.05, 3.63) is 74.4 Å². The first kappa shape index (κ1) is 32.9. The number of carbonyl (C=O) groups excluding carboxylic acids is 1. The fourth-order valence-corrected chi connectivity index (χ4v) is 5.80. The van der Waals surface area contributed by atoms with Crippen LogP contribution in [0.5, 0.6) is 0 Å². The smallest absolute Gasteiger partial charge is 0.297 e. The molecule has 1 saturated heterocycles. The number of aromatic nitrogens is 5. The Balaban J connectivity index is 1.47. The summed E-state index contributed by atoms with van der Waals surface area (Å²) < 4.78 is 67.4. The van der Waals surface area contributed by atoms with Crippen LogP contribution >= 0.6 is 11.6 Å². The zero-order valence-electron chi connectivity index (χ0n) is 25.1. The monoisotopic (exact) mass is 679 g/mol. The molecule has 1 fully saturated rings. The molecule has 4 aromatic rings. The third kappa shape index (κ3) is 6.84. The summed E-state index contributed by atoms with van der Waals surface area (Å²) in [7, 11) is -2.30. The van der Waals surface area contributed by atoms with Gasteiger partial charge in [-0.2, -0.15) is 0 Å². The highest BCUT2D eigenvalue weighted by molar-refractivity contribution is 7.89. The van der Waals surface area contributed by atoms with E-state index in [1.165, 1.54) is 21.6 Å². The quantitative estimate of drug-likeness (QED) is 0.264. The molecule has 0 aliphatic carbocycles. The van der Waals surface area contributed by atoms with Gasteiger partial charge in [-0.25, -0.2) is 46.2 Å². The average Bonchev–Trinajstić information content (AvgIpc) is 2.99. The van der Waals surface area contributed by atoms with Gasteiger partial charge in [0.05, 0.1) is 35.1 Å². The molecule has 0 radical (unpaired) electrons. The van der Waals surface area contributed by atoms with E-state index >= 15 is 0 Å². The van der Waals surface area contributed by atoms with Gasteiger partial charge in [0.15, 0.2) is 23.2 Å². The SMILES string of the molecule is Cc1cc([C@@H](C)Nc2ccc(Cl)nc2C(=O)NS(C)(=O)=O)c2nc(N3CCN(c4nc(C(F)F)ncc4F)CC3)n(C)c(=O)c2c1. The lowest BCUT2D eigenvalue weighted by Gasteiger charge is -2.36. The average molecular weight is 680 g/mol. The van der Waals surface area contributed by atoms with E-state index in [2.05, 4.69) is 20.3 Å². The van der Waals surface area contributed by atoms with E-state index in [1.54, 1.807) is 20.0 Å². The van der Waals surface area contributed by atoms with Gasteiger partial charge < -0.3 is 15.1 Å². The second-order valence-corrected chi connectivity index (χ2v) is 12.9. The van der Waals surface area contributed by atoms with Crippen LogP contribution in [-0.4, -0.2) is 71.3 Å². The molecule has 0 bridgehead atoms. The topological polar surface area (TPSA) is 155 Å². The van der Waals surface area contributed by atoms with Gasteiger partial charge in [0.2, 0.25) is 16.0 Å². The molecule has 2 N–H and O–H groups in total. The van der Waals surface area contributed by atoms with Crippen LogP contribution in [0.25, 0.3) is 10.9 Å². The molecule has 46 heavy (non-hydrogen) atoms. The number of hydrogen-bond donors (Lipinski definition) is 2. The molecule has 13 nitrogen and oxygen atoms in total. The molecule has 244 valence electrons. The van der Waals surface area contributed by atoms with Crippen LogP contribution in [0, 0.1) is 12.7 Å². The number of amides is 1. The maximum Gasteiger partial charge on any atom is 0.297 e. The van der Waals surface area contributed by atoms with E-state index in [1.807, 2.05) is 22.6 Å². The molecule has 0 unspecified atom stereocenters. The number of pyridine rings is 1. The Morgan fingerprint density at radius 3 is 2.39 bits per heavy atom. The summed E-state index contributed by atoms with van der Waals surface area (Å²) in [4.78, 5) is 45.7. The van der Waals surface area contributed by atoms with Crippen LogP contribution in [0.4, 0.5) is 30.6 Å². The fraction of sp³-hybridized carbons (Fsp3) is 0.357. The first-order chi connectivity index (χ1) is 21.6. The zero-order chi connectivity index (χ0) is 33.5. The lowest BCUT2D eigenvalue weighted by atomic mass is 10.0. The Bertz CT molecular complexity index is 2000. The summed E-state index contributed by atoms with van der Waals surface area (Å²) in [6.07, 6.45) is -1.38. The van der Waals surface area contributed by atoms with Crippen molar-refractivity contribution >= 4 is 55.9 Å². The second kappa shape index (κ2) is 12.7. The zero-order valence-corrected chi connectivity index (χ0v) is 26.6. The maximum atomic E-state index is 14.5. The number of carbonyl (C=O) groups is 1. The van der Waals surface area contributed by atoms with Gasteiger partial charge in [-0.15, -0.1) is 0 Å². The Kier molecular flexibility index (Phi) is 9.08. The Morgan fingerprint density at radius 1 is 1.07 bits per heavy atom. The third-order valence-electron chi connectivity index (χ3n) is 7.32. The van der Waals surface area contributed by atoms with Crippen molar-refractivity contribution in [1.29, 1.82) is 0 Å². The Morgan fingerprint density at radius 2 is 1.74 bits per heavy atom. The van der Waals surface area contributed by atoms with Crippen LogP contribution in [-0.2, 0) is 17.1 Å². The van der Waals surface area contributed by atoms with Crippen LogP contribution in [0.15, 0.2) is 35.3 Å². The highest BCUT2D eigenvalue weighted by atomic mass is 35.5. The van der Waals surface area contributed by atoms with Crippen molar-refractivity contribution in [2.24, 2.45) is 7.05 Å². The van der Waals surface area contributed by atoms with Gasteiger partial charge in [0, 0.05) is 38.8 Å². The summed E-state index contributed by atoms with van der Waals surface area (Å²) in [5.74, 6) is -2.44. The number of rotatable bonds is 8. The van der Waals surface area contributed by atoms with E-state index in [0.717, 1.165) is 18.0 Å². The molecular formula is C28H29ClF3N9O4S. The molecule has 4 heterocycles. The van der Waals surface area contributed by atoms with E-state index < -0.39 is 40.0 Å². The van der Waals surface area contributed by atoms with Crippen molar-refractivity contribution < 1.29 is 26.4 Å². The minimum atomic E-state index is -3.89. The molecule has 1 aliphatic heterocycles. The maximum absolute atomic E-state index is 14.5. The van der Waals surface area contributed by atoms with Crippen molar-refractivity contribution in [2.45, 2.75) is 26.3 Å². The summed E-state index contributed by atoms with van der Waals surface area (Å²) in [5.41, 5.74) is 1.41. The van der Waals surface area contributed by atoms with E-state index in [-0.39, 0.29) is 54.1 Å². The number of halogens is 4. The normalized spacial score (nSPS) is 14.5. The molecule has 5 rings (SSSR count). The fourth-order valence-electron chi connectivity index (χ4n) is 5.22. The van der Waals surface area contributed by atoms with Gasteiger partial charge in [0.1, 0.15) is 5.15 Å². The van der Waals surface area contributed by atoms with Crippen molar-refractivity contribution in [1.82, 2.24) is 29.2 Å². The first-order valence-electron chi connectivity index (χ1n) is 13.9. The number of sulfonamides is 1. The minimum absolute atomic E-state index is 0.0234. The molecule has 0 spiro atoms. The number of anilines is 3. The van der Waals surface area contributed by atoms with E-state index in [4.69, 9.17) is 16.6 Å². The lowest BCUT2D eigenvalue weighted by Crippen LogP contribution is -2.49. The summed E-state index contributed by atoms with van der Waals surface area (Å²) in [5, 5.41) is 3.49. The minimum Gasteiger partial charge on any atom is -0.377 e. The third-order valence-corrected chi connectivity index (χ3v) is 8.09. The van der Waals surface area contributed by atoms with Crippen LogP contribution in [0.1, 0.15) is 46.8 Å². The summed E-state index contributed by atoms with van der Waals surface area (Å²) in [6.45, 7) is 4.59. The Labute approximate surface area is 266 Å². The van der Waals surface area contributed by atoms with Gasteiger partial charge in [0.25, 0.3) is 17.9 Å². The summed E-state index contributed by atoms with van der Waals surface area (Å²) >= 11 is 6.00. The largest absolute Gasteiger partial charge is 0.377 e.